The van der Waals surface area contributed by atoms with E-state index in [2.05, 4.69) is 20.9 Å². The zero-order chi connectivity index (χ0) is 8.48. The number of hydrogen-bond donors (Lipinski definition) is 1. The van der Waals surface area contributed by atoms with E-state index in [-0.39, 0.29) is 0 Å². The average molecular weight is 235 g/mol. The van der Waals surface area contributed by atoms with Gasteiger partial charge in [-0.15, -0.1) is 0 Å². The van der Waals surface area contributed by atoms with Gasteiger partial charge in [-0.25, -0.2) is 14.0 Å². The summed E-state index contributed by atoms with van der Waals surface area (Å²) >= 11 is 3.21. The van der Waals surface area contributed by atoms with Crippen LogP contribution in [0.4, 0.5) is 0 Å². The molecule has 1 atom stereocenters. The Kier molecular flexibility index (Phi) is 2.29. The van der Waals surface area contributed by atoms with Gasteiger partial charge in [0.2, 0.25) is 0 Å². The van der Waals surface area contributed by atoms with Crippen molar-refractivity contribution in [1.29, 1.82) is 4.78 Å². The van der Waals surface area contributed by atoms with Gasteiger partial charge in [0.25, 0.3) is 0 Å². The number of nitrogens with one attached hydrogen (secondary N) is 1. The van der Waals surface area contributed by atoms with Gasteiger partial charge in [0, 0.05) is 16.9 Å². The molecule has 0 spiro atoms. The number of halogens is 1. The average Bonchev–Trinajstić information content (AvgIpc) is 1.86. The summed E-state index contributed by atoms with van der Waals surface area (Å²) in [5.41, 5.74) is 0. The summed E-state index contributed by atoms with van der Waals surface area (Å²) < 4.78 is 19.1. The molecule has 0 unspecified atom stereocenters. The van der Waals surface area contributed by atoms with Gasteiger partial charge in [0.05, 0.1) is 9.73 Å². The number of pyridine rings is 1. The van der Waals surface area contributed by atoms with E-state index in [0.29, 0.717) is 5.03 Å². The van der Waals surface area contributed by atoms with Crippen LogP contribution in [-0.2, 0) is 9.73 Å². The predicted octanol–water partition coefficient (Wildman–Crippen LogP) is 1.88. The van der Waals surface area contributed by atoms with Crippen molar-refractivity contribution in [3.05, 3.63) is 22.8 Å². The first kappa shape index (κ1) is 8.67. The molecule has 1 heterocycles. The van der Waals surface area contributed by atoms with Crippen molar-refractivity contribution in [2.24, 2.45) is 0 Å². The highest BCUT2D eigenvalue weighted by Gasteiger charge is 2.03. The fourth-order valence-electron chi connectivity index (χ4n) is 0.598. The molecular weight excluding hydrogens is 228 g/mol. The van der Waals surface area contributed by atoms with Crippen LogP contribution in [0.25, 0.3) is 0 Å². The minimum Gasteiger partial charge on any atom is -0.248 e. The van der Waals surface area contributed by atoms with Crippen molar-refractivity contribution in [2.45, 2.75) is 5.03 Å². The summed E-state index contributed by atoms with van der Waals surface area (Å²) in [6, 6.07) is 3.32. The first-order valence-electron chi connectivity index (χ1n) is 2.85. The van der Waals surface area contributed by atoms with Crippen LogP contribution in [0, 0.1) is 4.78 Å². The van der Waals surface area contributed by atoms with Gasteiger partial charge in [-0.2, -0.15) is 0 Å². The summed E-state index contributed by atoms with van der Waals surface area (Å²) in [5, 5.41) is 0.312. The van der Waals surface area contributed by atoms with E-state index >= 15 is 0 Å². The van der Waals surface area contributed by atoms with E-state index < -0.39 is 9.73 Å². The highest BCUT2D eigenvalue weighted by atomic mass is 79.9. The van der Waals surface area contributed by atoms with Crippen LogP contribution in [0.1, 0.15) is 0 Å². The van der Waals surface area contributed by atoms with Crippen LogP contribution in [0.2, 0.25) is 0 Å². The van der Waals surface area contributed by atoms with E-state index in [1.807, 2.05) is 0 Å². The lowest BCUT2D eigenvalue weighted by Gasteiger charge is -1.98. The van der Waals surface area contributed by atoms with Crippen molar-refractivity contribution in [2.75, 3.05) is 6.26 Å². The Morgan fingerprint density at radius 2 is 2.36 bits per heavy atom. The largest absolute Gasteiger partial charge is 0.248 e. The van der Waals surface area contributed by atoms with Crippen LogP contribution in [-0.4, -0.2) is 15.4 Å². The summed E-state index contributed by atoms with van der Waals surface area (Å²) in [6.45, 7) is 0. The molecule has 0 bridgehead atoms. The topological polar surface area (TPSA) is 53.8 Å². The molecule has 0 aromatic carbocycles. The second-order valence-electron chi connectivity index (χ2n) is 2.16. The predicted molar refractivity (Wildman–Crippen MR) is 47.0 cm³/mol. The molecule has 1 aromatic heterocycles. The molecule has 60 valence electrons. The third-order valence-electron chi connectivity index (χ3n) is 1.10. The zero-order valence-corrected chi connectivity index (χ0v) is 8.28. The molecule has 0 aliphatic rings. The Morgan fingerprint density at radius 1 is 1.73 bits per heavy atom. The maximum atomic E-state index is 11.1. The Labute approximate surface area is 74.0 Å². The summed E-state index contributed by atoms with van der Waals surface area (Å²) in [7, 11) is -2.67. The SMILES string of the molecule is C[S@](=N)(=O)c1cc(Br)ccn1. The molecule has 5 heteroatoms. The first-order valence-corrected chi connectivity index (χ1v) is 5.61. The lowest BCUT2D eigenvalue weighted by atomic mass is 10.5. The molecule has 3 nitrogen and oxygen atoms in total. The van der Waals surface area contributed by atoms with Crippen LogP contribution in [0.15, 0.2) is 27.8 Å². The normalized spacial score (nSPS) is 15.8. The first-order chi connectivity index (χ1) is 5.00. The van der Waals surface area contributed by atoms with Crippen molar-refractivity contribution in [3.63, 3.8) is 0 Å². The molecular formula is C6H7BrN2OS. The molecule has 0 saturated heterocycles. The summed E-state index contributed by atoms with van der Waals surface area (Å²) in [6.07, 6.45) is 2.87. The molecule has 0 aliphatic heterocycles. The molecule has 0 fully saturated rings. The highest BCUT2D eigenvalue weighted by molar-refractivity contribution is 9.10. The Bertz CT molecular complexity index is 361. The van der Waals surface area contributed by atoms with Crippen molar-refractivity contribution in [3.8, 4) is 0 Å². The Balaban J connectivity index is 3.28. The number of hydrogen-bond acceptors (Lipinski definition) is 3. The fourth-order valence-corrected chi connectivity index (χ4v) is 1.70. The lowest BCUT2D eigenvalue weighted by molar-refractivity contribution is 0.676. The third kappa shape index (κ3) is 2.27. The van der Waals surface area contributed by atoms with E-state index in [1.165, 1.54) is 12.5 Å². The second-order valence-corrected chi connectivity index (χ2v) is 5.18. The van der Waals surface area contributed by atoms with Crippen LogP contribution < -0.4 is 0 Å². The maximum absolute atomic E-state index is 11.1. The molecule has 1 aromatic rings. The standard InChI is InChI=1S/C6H7BrN2OS/c1-11(8,10)6-4-5(7)2-3-9-6/h2-4,8H,1H3/t11-/m0/s1. The third-order valence-corrected chi connectivity index (χ3v) is 2.61. The Hall–Kier alpha value is -0.420. The van der Waals surface area contributed by atoms with Gasteiger partial charge in [-0.3, -0.25) is 0 Å². The quantitative estimate of drug-likeness (QED) is 0.807. The zero-order valence-electron chi connectivity index (χ0n) is 5.87. The minimum absolute atomic E-state index is 0.312. The second kappa shape index (κ2) is 2.91. The molecule has 0 amide bonds. The maximum Gasteiger partial charge on any atom is 0.136 e. The molecule has 1 rings (SSSR count). The van der Waals surface area contributed by atoms with Gasteiger partial charge in [-0.1, -0.05) is 15.9 Å². The lowest BCUT2D eigenvalue weighted by Crippen LogP contribution is -1.97. The van der Waals surface area contributed by atoms with Gasteiger partial charge in [0.15, 0.2) is 0 Å². The Morgan fingerprint density at radius 3 is 2.73 bits per heavy atom. The monoisotopic (exact) mass is 234 g/mol. The molecule has 1 N–H and O–H groups in total. The van der Waals surface area contributed by atoms with E-state index in [4.69, 9.17) is 4.78 Å². The van der Waals surface area contributed by atoms with Crippen molar-refractivity contribution in [1.82, 2.24) is 4.98 Å². The van der Waals surface area contributed by atoms with Crippen molar-refractivity contribution < 1.29 is 4.21 Å². The van der Waals surface area contributed by atoms with Crippen LogP contribution >= 0.6 is 15.9 Å². The van der Waals surface area contributed by atoms with Gasteiger partial charge in [0.1, 0.15) is 5.03 Å². The van der Waals surface area contributed by atoms with Gasteiger partial charge < -0.3 is 0 Å². The number of nitrogens with zero attached hydrogens (tertiary/aromatic N) is 1. The molecule has 0 aliphatic carbocycles. The van der Waals surface area contributed by atoms with E-state index in [1.54, 1.807) is 12.1 Å². The fraction of sp³-hybridized carbons (Fsp3) is 0.167. The van der Waals surface area contributed by atoms with E-state index in [9.17, 15) is 4.21 Å². The number of rotatable bonds is 1. The molecule has 0 radical (unpaired) electrons. The van der Waals surface area contributed by atoms with E-state index in [0.717, 1.165) is 4.47 Å². The van der Waals surface area contributed by atoms with Crippen LogP contribution in [0.3, 0.4) is 0 Å². The highest BCUT2D eigenvalue weighted by Crippen LogP contribution is 2.12. The smallest absolute Gasteiger partial charge is 0.136 e. The minimum atomic E-state index is -2.67. The van der Waals surface area contributed by atoms with Gasteiger partial charge in [-0.05, 0) is 12.1 Å². The van der Waals surface area contributed by atoms with Crippen LogP contribution in [0.5, 0.6) is 0 Å². The molecule has 11 heavy (non-hydrogen) atoms. The number of aromatic nitrogens is 1. The summed E-state index contributed by atoms with van der Waals surface area (Å²) in [4.78, 5) is 3.82. The van der Waals surface area contributed by atoms with Crippen molar-refractivity contribution >= 4 is 25.7 Å². The summed E-state index contributed by atoms with van der Waals surface area (Å²) in [5.74, 6) is 0. The van der Waals surface area contributed by atoms with Gasteiger partial charge >= 0.3 is 0 Å². The molecule has 0 saturated carbocycles.